The third kappa shape index (κ3) is 4.88. The molecule has 0 bridgehead atoms. The number of nitrogens with zero attached hydrogens (tertiary/aromatic N) is 3. The summed E-state index contributed by atoms with van der Waals surface area (Å²) in [6.45, 7) is 0.144. The van der Waals surface area contributed by atoms with Gasteiger partial charge in [0, 0.05) is 27.9 Å². The Morgan fingerprint density at radius 1 is 1.00 bits per heavy atom. The van der Waals surface area contributed by atoms with Gasteiger partial charge in [0.15, 0.2) is 0 Å². The Labute approximate surface area is 194 Å². The first-order valence-corrected chi connectivity index (χ1v) is 10.4. The van der Waals surface area contributed by atoms with E-state index in [1.54, 1.807) is 47.3 Å². The van der Waals surface area contributed by atoms with E-state index in [9.17, 15) is 9.18 Å². The fourth-order valence-corrected chi connectivity index (χ4v) is 3.59. The van der Waals surface area contributed by atoms with Gasteiger partial charge >= 0.3 is 0 Å². The van der Waals surface area contributed by atoms with Crippen LogP contribution in [0.4, 0.5) is 4.39 Å². The van der Waals surface area contributed by atoms with Crippen LogP contribution in [0.15, 0.2) is 84.1 Å². The van der Waals surface area contributed by atoms with Crippen molar-refractivity contribution in [2.75, 3.05) is 0 Å². The highest BCUT2D eigenvalue weighted by Crippen LogP contribution is 2.24. The maximum Gasteiger partial charge on any atom is 0.272 e. The van der Waals surface area contributed by atoms with E-state index < -0.39 is 11.7 Å². The molecule has 4 rings (SSSR count). The van der Waals surface area contributed by atoms with Gasteiger partial charge < -0.3 is 0 Å². The van der Waals surface area contributed by atoms with Crippen LogP contribution in [-0.4, -0.2) is 21.9 Å². The smallest absolute Gasteiger partial charge is 0.267 e. The highest BCUT2D eigenvalue weighted by Gasteiger charge is 2.14. The van der Waals surface area contributed by atoms with Gasteiger partial charge in [0.05, 0.1) is 23.3 Å². The molecule has 0 unspecified atom stereocenters. The van der Waals surface area contributed by atoms with E-state index >= 15 is 0 Å². The van der Waals surface area contributed by atoms with Crippen molar-refractivity contribution < 1.29 is 9.18 Å². The molecule has 0 radical (unpaired) electrons. The number of halogens is 3. The molecular weight excluding hydrogens is 450 g/mol. The minimum Gasteiger partial charge on any atom is -0.267 e. The van der Waals surface area contributed by atoms with Gasteiger partial charge in [0.25, 0.3) is 5.91 Å². The van der Waals surface area contributed by atoms with Crippen LogP contribution in [0.3, 0.4) is 0 Å². The molecule has 1 amide bonds. The summed E-state index contributed by atoms with van der Waals surface area (Å²) < 4.78 is 15.8. The number of aromatic nitrogens is 2. The van der Waals surface area contributed by atoms with Crippen LogP contribution in [0, 0.1) is 5.82 Å². The molecular formula is C24H17Cl2FN4O. The van der Waals surface area contributed by atoms with Gasteiger partial charge in [0.2, 0.25) is 0 Å². The second-order valence-corrected chi connectivity index (χ2v) is 7.69. The van der Waals surface area contributed by atoms with Crippen molar-refractivity contribution in [3.05, 3.63) is 112 Å². The molecule has 0 aliphatic heterocycles. The largest absolute Gasteiger partial charge is 0.272 e. The van der Waals surface area contributed by atoms with Gasteiger partial charge in [-0.15, -0.1) is 0 Å². The van der Waals surface area contributed by atoms with Gasteiger partial charge in [-0.25, -0.2) is 9.82 Å². The Kier molecular flexibility index (Phi) is 6.63. The lowest BCUT2D eigenvalue weighted by Crippen LogP contribution is -2.17. The molecule has 0 saturated heterocycles. The predicted molar refractivity (Wildman–Crippen MR) is 125 cm³/mol. The molecule has 1 aromatic heterocycles. The van der Waals surface area contributed by atoms with Crippen molar-refractivity contribution >= 4 is 35.3 Å². The van der Waals surface area contributed by atoms with Crippen LogP contribution in [0.2, 0.25) is 10.0 Å². The van der Waals surface area contributed by atoms with E-state index in [1.165, 1.54) is 12.3 Å². The van der Waals surface area contributed by atoms with E-state index in [0.29, 0.717) is 32.4 Å². The molecule has 0 aliphatic rings. The summed E-state index contributed by atoms with van der Waals surface area (Å²) >= 11 is 12.2. The minimum atomic E-state index is -0.432. The Balaban J connectivity index is 1.62. The first kappa shape index (κ1) is 21.7. The molecule has 3 aromatic carbocycles. The zero-order valence-corrected chi connectivity index (χ0v) is 18.2. The quantitative estimate of drug-likeness (QED) is 0.288. The molecule has 32 heavy (non-hydrogen) atoms. The van der Waals surface area contributed by atoms with E-state index in [-0.39, 0.29) is 6.54 Å². The molecule has 1 heterocycles. The number of nitrogens with one attached hydrogen (secondary N) is 1. The van der Waals surface area contributed by atoms with Gasteiger partial charge in [-0.3, -0.25) is 9.48 Å². The van der Waals surface area contributed by atoms with Crippen LogP contribution in [-0.2, 0) is 6.54 Å². The Bertz CT molecular complexity index is 1270. The molecule has 0 fully saturated rings. The summed E-state index contributed by atoms with van der Waals surface area (Å²) in [6, 6.07) is 20.7. The number of hydrogen-bond acceptors (Lipinski definition) is 3. The second-order valence-electron chi connectivity index (χ2n) is 6.88. The average Bonchev–Trinajstić information content (AvgIpc) is 3.20. The number of amides is 1. The number of hydrazone groups is 1. The number of hydrogen-bond donors (Lipinski definition) is 1. The monoisotopic (exact) mass is 466 g/mol. The van der Waals surface area contributed by atoms with Crippen LogP contribution in [0.1, 0.15) is 21.5 Å². The van der Waals surface area contributed by atoms with E-state index in [0.717, 1.165) is 5.56 Å². The summed E-state index contributed by atoms with van der Waals surface area (Å²) in [7, 11) is 0. The first-order valence-electron chi connectivity index (χ1n) is 9.66. The summed E-state index contributed by atoms with van der Waals surface area (Å²) in [5.41, 5.74) is 5.26. The molecule has 0 aliphatic carbocycles. The molecule has 0 saturated carbocycles. The van der Waals surface area contributed by atoms with Crippen molar-refractivity contribution in [1.29, 1.82) is 0 Å². The second kappa shape index (κ2) is 9.77. The van der Waals surface area contributed by atoms with Crippen molar-refractivity contribution in [3.8, 4) is 11.3 Å². The lowest BCUT2D eigenvalue weighted by Gasteiger charge is -2.05. The Morgan fingerprint density at radius 3 is 2.47 bits per heavy atom. The van der Waals surface area contributed by atoms with Gasteiger partial charge in [-0.2, -0.15) is 10.2 Å². The Hall–Kier alpha value is -3.48. The van der Waals surface area contributed by atoms with E-state index in [4.69, 9.17) is 23.2 Å². The third-order valence-corrected chi connectivity index (χ3v) is 5.39. The predicted octanol–water partition coefficient (Wildman–Crippen LogP) is 5.81. The number of benzene rings is 3. The number of rotatable bonds is 6. The van der Waals surface area contributed by atoms with Gasteiger partial charge in [-0.1, -0.05) is 71.7 Å². The normalized spacial score (nSPS) is 11.1. The average molecular weight is 467 g/mol. The van der Waals surface area contributed by atoms with Crippen LogP contribution in [0.5, 0.6) is 0 Å². The summed E-state index contributed by atoms with van der Waals surface area (Å²) in [4.78, 5) is 12.3. The SMILES string of the molecule is O=C(N/N=C/c1cn(Cc2c(F)cccc2Cl)nc1-c1ccccc1)c1ccccc1Cl. The third-order valence-electron chi connectivity index (χ3n) is 4.71. The fraction of sp³-hybridized carbons (Fsp3) is 0.0417. The van der Waals surface area contributed by atoms with Crippen molar-refractivity contribution in [1.82, 2.24) is 15.2 Å². The maximum absolute atomic E-state index is 14.2. The van der Waals surface area contributed by atoms with Crippen LogP contribution in [0.25, 0.3) is 11.3 Å². The minimum absolute atomic E-state index is 0.144. The first-order chi connectivity index (χ1) is 15.5. The van der Waals surface area contributed by atoms with Gasteiger partial charge in [-0.05, 0) is 24.3 Å². The molecule has 5 nitrogen and oxygen atoms in total. The van der Waals surface area contributed by atoms with Crippen molar-refractivity contribution in [3.63, 3.8) is 0 Å². The topological polar surface area (TPSA) is 59.3 Å². The van der Waals surface area contributed by atoms with Crippen LogP contribution < -0.4 is 5.43 Å². The van der Waals surface area contributed by atoms with E-state index in [1.807, 2.05) is 30.3 Å². The summed E-state index contributed by atoms with van der Waals surface area (Å²) in [6.07, 6.45) is 3.21. The highest BCUT2D eigenvalue weighted by molar-refractivity contribution is 6.33. The van der Waals surface area contributed by atoms with Crippen molar-refractivity contribution in [2.24, 2.45) is 5.10 Å². The summed E-state index contributed by atoms with van der Waals surface area (Å²) in [5, 5.41) is 9.31. The molecule has 8 heteroatoms. The molecule has 0 spiro atoms. The fourth-order valence-electron chi connectivity index (χ4n) is 3.14. The highest BCUT2D eigenvalue weighted by atomic mass is 35.5. The molecule has 160 valence electrons. The summed E-state index contributed by atoms with van der Waals surface area (Å²) in [5.74, 6) is -0.838. The maximum atomic E-state index is 14.2. The Morgan fingerprint density at radius 2 is 1.72 bits per heavy atom. The lowest BCUT2D eigenvalue weighted by atomic mass is 10.1. The van der Waals surface area contributed by atoms with Crippen LogP contribution >= 0.6 is 23.2 Å². The van der Waals surface area contributed by atoms with E-state index in [2.05, 4.69) is 15.6 Å². The van der Waals surface area contributed by atoms with Gasteiger partial charge in [0.1, 0.15) is 11.5 Å². The number of carbonyl (C=O) groups excluding carboxylic acids is 1. The lowest BCUT2D eigenvalue weighted by molar-refractivity contribution is 0.0955. The molecule has 4 aromatic rings. The molecule has 0 atom stereocenters. The van der Waals surface area contributed by atoms with Crippen molar-refractivity contribution in [2.45, 2.75) is 6.54 Å². The standard InChI is InChI=1S/C24H17Cl2FN4O/c25-20-10-5-4-9-18(20)24(32)29-28-13-17-14-31(15-19-21(26)11-6-12-22(19)27)30-23(17)16-7-2-1-3-8-16/h1-14H,15H2,(H,29,32)/b28-13+. The molecule has 1 N–H and O–H groups in total. The zero-order valence-electron chi connectivity index (χ0n) is 16.7. The number of carbonyl (C=O) groups is 1. The zero-order chi connectivity index (χ0) is 22.5.